The van der Waals surface area contributed by atoms with Gasteiger partial charge in [-0.2, -0.15) is 0 Å². The number of hydrogen-bond donors (Lipinski definition) is 1. The fourth-order valence-electron chi connectivity index (χ4n) is 2.24. The lowest BCUT2D eigenvalue weighted by Gasteiger charge is -2.21. The molecule has 2 rings (SSSR count). The van der Waals surface area contributed by atoms with Crippen LogP contribution in [0.4, 0.5) is 5.69 Å². The lowest BCUT2D eigenvalue weighted by molar-refractivity contribution is -0.122. The molecule has 0 aromatic heterocycles. The lowest BCUT2D eigenvalue weighted by Crippen LogP contribution is -2.39. The zero-order valence-corrected chi connectivity index (χ0v) is 15.3. The maximum absolute atomic E-state index is 11.9. The van der Waals surface area contributed by atoms with Crippen LogP contribution in [0.1, 0.15) is 12.5 Å². The first-order chi connectivity index (χ1) is 12.5. The Morgan fingerprint density at radius 3 is 2.38 bits per heavy atom. The summed E-state index contributed by atoms with van der Waals surface area (Å²) in [6.07, 6.45) is 1.59. The van der Waals surface area contributed by atoms with Crippen LogP contribution < -0.4 is 15.0 Å². The molecule has 0 bridgehead atoms. The number of amides is 2. The van der Waals surface area contributed by atoms with E-state index in [1.807, 2.05) is 24.3 Å². The number of carbonyl (C=O) groups is 2. The van der Waals surface area contributed by atoms with Crippen molar-refractivity contribution in [1.82, 2.24) is 5.32 Å². The van der Waals surface area contributed by atoms with E-state index in [2.05, 4.69) is 11.9 Å². The fourth-order valence-corrected chi connectivity index (χ4v) is 2.37. The van der Waals surface area contributed by atoms with Crippen molar-refractivity contribution in [2.45, 2.75) is 13.5 Å². The van der Waals surface area contributed by atoms with E-state index in [-0.39, 0.29) is 18.4 Å². The Bertz CT molecular complexity index is 758. The molecule has 5 nitrogen and oxygen atoms in total. The van der Waals surface area contributed by atoms with Crippen molar-refractivity contribution in [3.05, 3.63) is 71.8 Å². The summed E-state index contributed by atoms with van der Waals surface area (Å²) in [5.74, 6) is 0.208. The Morgan fingerprint density at radius 2 is 1.81 bits per heavy atom. The molecule has 0 fully saturated rings. The van der Waals surface area contributed by atoms with Crippen LogP contribution in [0.2, 0.25) is 5.02 Å². The third-order valence-corrected chi connectivity index (χ3v) is 3.84. The number of halogens is 1. The molecule has 0 atom stereocenters. The van der Waals surface area contributed by atoms with Crippen LogP contribution in [0.3, 0.4) is 0 Å². The molecule has 0 aliphatic rings. The highest BCUT2D eigenvalue weighted by atomic mass is 35.5. The van der Waals surface area contributed by atoms with E-state index in [1.54, 1.807) is 30.3 Å². The van der Waals surface area contributed by atoms with Gasteiger partial charge in [0.2, 0.25) is 11.8 Å². The van der Waals surface area contributed by atoms with E-state index >= 15 is 0 Å². The van der Waals surface area contributed by atoms with Gasteiger partial charge in [-0.05, 0) is 42.0 Å². The van der Waals surface area contributed by atoms with Gasteiger partial charge in [-0.15, -0.1) is 6.58 Å². The molecule has 0 radical (unpaired) electrons. The number of hydrogen-bond acceptors (Lipinski definition) is 3. The number of nitrogens with one attached hydrogen (secondary N) is 1. The standard InChI is InChI=1S/C20H21ClN2O3/c1-3-12-22-20(25)13-23(15(2)24)18-8-10-19(11-9-18)26-14-16-4-6-17(21)7-5-16/h3-11H,1,12-14H2,2H3,(H,22,25). The average molecular weight is 373 g/mol. The number of rotatable bonds is 8. The predicted octanol–water partition coefficient (Wildman–Crippen LogP) is 3.57. The Labute approximate surface area is 158 Å². The van der Waals surface area contributed by atoms with Crippen molar-refractivity contribution in [2.75, 3.05) is 18.0 Å². The summed E-state index contributed by atoms with van der Waals surface area (Å²) >= 11 is 5.86. The summed E-state index contributed by atoms with van der Waals surface area (Å²) in [5.41, 5.74) is 1.63. The largest absolute Gasteiger partial charge is 0.489 e. The summed E-state index contributed by atoms with van der Waals surface area (Å²) < 4.78 is 5.72. The van der Waals surface area contributed by atoms with Crippen molar-refractivity contribution in [3.8, 4) is 5.75 Å². The van der Waals surface area contributed by atoms with Crippen LogP contribution in [-0.2, 0) is 16.2 Å². The Hall–Kier alpha value is -2.79. The average Bonchev–Trinajstić information content (AvgIpc) is 2.64. The topological polar surface area (TPSA) is 58.6 Å². The van der Waals surface area contributed by atoms with Crippen LogP contribution in [0.25, 0.3) is 0 Å². The first-order valence-corrected chi connectivity index (χ1v) is 8.50. The van der Waals surface area contributed by atoms with E-state index in [1.165, 1.54) is 11.8 Å². The zero-order valence-electron chi connectivity index (χ0n) is 14.6. The van der Waals surface area contributed by atoms with Crippen molar-refractivity contribution < 1.29 is 14.3 Å². The fraction of sp³-hybridized carbons (Fsp3) is 0.200. The normalized spacial score (nSPS) is 10.1. The molecule has 2 aromatic carbocycles. The van der Waals surface area contributed by atoms with Crippen molar-refractivity contribution in [1.29, 1.82) is 0 Å². The third kappa shape index (κ3) is 5.93. The van der Waals surface area contributed by atoms with Crippen LogP contribution in [0, 0.1) is 0 Å². The van der Waals surface area contributed by atoms with E-state index in [4.69, 9.17) is 16.3 Å². The molecule has 1 N–H and O–H groups in total. The maximum Gasteiger partial charge on any atom is 0.240 e. The first kappa shape index (κ1) is 19.5. The summed E-state index contributed by atoms with van der Waals surface area (Å²) in [6.45, 7) is 5.69. The second kappa shape index (κ2) is 9.63. The summed E-state index contributed by atoms with van der Waals surface area (Å²) in [6, 6.07) is 14.5. The van der Waals surface area contributed by atoms with Crippen LogP contribution >= 0.6 is 11.6 Å². The van der Waals surface area contributed by atoms with Crippen LogP contribution in [-0.4, -0.2) is 24.9 Å². The molecule has 0 aliphatic carbocycles. The van der Waals surface area contributed by atoms with Gasteiger partial charge in [0.1, 0.15) is 18.9 Å². The van der Waals surface area contributed by atoms with E-state index in [0.29, 0.717) is 29.6 Å². The number of benzene rings is 2. The van der Waals surface area contributed by atoms with E-state index in [0.717, 1.165) is 5.56 Å². The molecule has 136 valence electrons. The molecule has 2 amide bonds. The molecule has 0 heterocycles. The third-order valence-electron chi connectivity index (χ3n) is 3.59. The van der Waals surface area contributed by atoms with Gasteiger partial charge in [-0.3, -0.25) is 9.59 Å². The monoisotopic (exact) mass is 372 g/mol. The van der Waals surface area contributed by atoms with E-state index < -0.39 is 0 Å². The minimum atomic E-state index is -0.247. The van der Waals surface area contributed by atoms with Gasteiger partial charge in [0.25, 0.3) is 0 Å². The van der Waals surface area contributed by atoms with Crippen LogP contribution in [0.5, 0.6) is 5.75 Å². The number of nitrogens with zero attached hydrogens (tertiary/aromatic N) is 1. The Morgan fingerprint density at radius 1 is 1.15 bits per heavy atom. The van der Waals surface area contributed by atoms with Gasteiger partial charge in [0.15, 0.2) is 0 Å². The highest BCUT2D eigenvalue weighted by molar-refractivity contribution is 6.30. The maximum atomic E-state index is 11.9. The molecule has 2 aromatic rings. The van der Waals surface area contributed by atoms with Crippen molar-refractivity contribution in [2.24, 2.45) is 0 Å². The minimum absolute atomic E-state index is 0.0475. The summed E-state index contributed by atoms with van der Waals surface area (Å²) in [5, 5.41) is 3.34. The van der Waals surface area contributed by atoms with Gasteiger partial charge in [-0.1, -0.05) is 29.8 Å². The zero-order chi connectivity index (χ0) is 18.9. The Kier molecular flexibility index (Phi) is 7.24. The van der Waals surface area contributed by atoms with E-state index in [9.17, 15) is 9.59 Å². The second-order valence-electron chi connectivity index (χ2n) is 5.61. The molecule has 0 spiro atoms. The minimum Gasteiger partial charge on any atom is -0.489 e. The van der Waals surface area contributed by atoms with Gasteiger partial charge < -0.3 is 15.0 Å². The SMILES string of the molecule is C=CCNC(=O)CN(C(C)=O)c1ccc(OCc2ccc(Cl)cc2)cc1. The quantitative estimate of drug-likeness (QED) is 0.720. The smallest absolute Gasteiger partial charge is 0.240 e. The first-order valence-electron chi connectivity index (χ1n) is 8.12. The second-order valence-corrected chi connectivity index (χ2v) is 6.04. The highest BCUT2D eigenvalue weighted by Crippen LogP contribution is 2.21. The molecule has 0 saturated carbocycles. The highest BCUT2D eigenvalue weighted by Gasteiger charge is 2.15. The number of ether oxygens (including phenoxy) is 1. The number of anilines is 1. The number of carbonyl (C=O) groups excluding carboxylic acids is 2. The van der Waals surface area contributed by atoms with Crippen molar-refractivity contribution in [3.63, 3.8) is 0 Å². The van der Waals surface area contributed by atoms with Gasteiger partial charge in [0, 0.05) is 24.2 Å². The molecular weight excluding hydrogens is 352 g/mol. The van der Waals surface area contributed by atoms with Crippen molar-refractivity contribution >= 4 is 29.1 Å². The van der Waals surface area contributed by atoms with Gasteiger partial charge in [-0.25, -0.2) is 0 Å². The molecule has 0 saturated heterocycles. The molecule has 0 unspecified atom stereocenters. The molecule has 0 aliphatic heterocycles. The molecule has 6 heteroatoms. The summed E-state index contributed by atoms with van der Waals surface area (Å²) in [7, 11) is 0. The van der Waals surface area contributed by atoms with Gasteiger partial charge in [0.05, 0.1) is 0 Å². The molecule has 26 heavy (non-hydrogen) atoms. The molecular formula is C20H21ClN2O3. The predicted molar refractivity (Wildman–Crippen MR) is 103 cm³/mol. The summed E-state index contributed by atoms with van der Waals surface area (Å²) in [4.78, 5) is 25.1. The lowest BCUT2D eigenvalue weighted by atomic mass is 10.2. The Balaban J connectivity index is 1.98. The van der Waals surface area contributed by atoms with Crippen LogP contribution in [0.15, 0.2) is 61.2 Å². The van der Waals surface area contributed by atoms with Gasteiger partial charge >= 0.3 is 0 Å².